The van der Waals surface area contributed by atoms with Crippen molar-refractivity contribution in [1.82, 2.24) is 0 Å². The topological polar surface area (TPSA) is 68.3 Å². The van der Waals surface area contributed by atoms with Crippen LogP contribution in [0.1, 0.15) is 13.8 Å². The van der Waals surface area contributed by atoms with Gasteiger partial charge in [0.1, 0.15) is 11.7 Å². The lowest BCUT2D eigenvalue weighted by Gasteiger charge is -1.98. The van der Waals surface area contributed by atoms with E-state index in [0.717, 1.165) is 6.92 Å². The van der Waals surface area contributed by atoms with Crippen molar-refractivity contribution >= 4 is 23.1 Å². The second kappa shape index (κ2) is 2.62. The van der Waals surface area contributed by atoms with E-state index in [1.807, 2.05) is 0 Å². The van der Waals surface area contributed by atoms with Crippen LogP contribution in [0.25, 0.3) is 0 Å². The summed E-state index contributed by atoms with van der Waals surface area (Å²) in [7, 11) is 0. The zero-order chi connectivity index (χ0) is 9.46. The maximum absolute atomic E-state index is 11.1. The molecule has 0 aliphatic heterocycles. The first kappa shape index (κ1) is 8.77. The minimum absolute atomic E-state index is 0.539. The highest BCUT2D eigenvalue weighted by molar-refractivity contribution is 6.55. The van der Waals surface area contributed by atoms with Gasteiger partial charge in [-0.1, -0.05) is 0 Å². The van der Waals surface area contributed by atoms with Crippen molar-refractivity contribution in [1.29, 1.82) is 0 Å². The number of hydrogen-bond donors (Lipinski definition) is 0. The van der Waals surface area contributed by atoms with E-state index in [9.17, 15) is 19.2 Å². The van der Waals surface area contributed by atoms with Crippen molar-refractivity contribution < 1.29 is 19.2 Å². The summed E-state index contributed by atoms with van der Waals surface area (Å²) in [6.07, 6.45) is 0. The summed E-state index contributed by atoms with van der Waals surface area (Å²) >= 11 is 0. The molecular formula is C8H8O4. The molecule has 1 fully saturated rings. The Kier molecular flexibility index (Phi) is 1.92. The van der Waals surface area contributed by atoms with Gasteiger partial charge in [0.25, 0.3) is 0 Å². The van der Waals surface area contributed by atoms with Gasteiger partial charge in [-0.05, 0) is 13.8 Å². The van der Waals surface area contributed by atoms with Crippen molar-refractivity contribution in [3.05, 3.63) is 0 Å². The molecule has 0 heterocycles. The average molecular weight is 168 g/mol. The summed E-state index contributed by atoms with van der Waals surface area (Å²) in [5, 5.41) is 0. The van der Waals surface area contributed by atoms with Crippen LogP contribution in [0.5, 0.6) is 0 Å². The molecule has 1 aliphatic carbocycles. The second-order valence-corrected chi connectivity index (χ2v) is 2.90. The molecule has 0 amide bonds. The lowest BCUT2D eigenvalue weighted by atomic mass is 10.0. The van der Waals surface area contributed by atoms with Crippen LogP contribution < -0.4 is 0 Å². The first-order valence-corrected chi connectivity index (χ1v) is 3.59. The van der Waals surface area contributed by atoms with E-state index >= 15 is 0 Å². The molecule has 64 valence electrons. The molecule has 0 spiro atoms. The Bertz CT molecular complexity index is 289. The molecule has 1 aliphatic rings. The lowest BCUT2D eigenvalue weighted by molar-refractivity contribution is -0.139. The standard InChI is InChI=1S/C8H8O4/c1-3-6(10)5(4(2)9)8(12)7(3)11/h3,5H,1-2H3. The molecule has 4 nitrogen and oxygen atoms in total. The average Bonchev–Trinajstić information content (AvgIpc) is 2.16. The number of carbonyl (C=O) groups excluding carboxylic acids is 4. The third-order valence-electron chi connectivity index (χ3n) is 2.02. The van der Waals surface area contributed by atoms with Crippen LogP contribution in [0, 0.1) is 11.8 Å². The van der Waals surface area contributed by atoms with E-state index in [0.29, 0.717) is 0 Å². The van der Waals surface area contributed by atoms with Gasteiger partial charge >= 0.3 is 0 Å². The maximum Gasteiger partial charge on any atom is 0.217 e. The number of Topliss-reactive ketones (excluding diaryl/α,β-unsaturated/α-hetero) is 4. The molecule has 0 aromatic carbocycles. The van der Waals surface area contributed by atoms with E-state index in [1.165, 1.54) is 6.92 Å². The van der Waals surface area contributed by atoms with Crippen molar-refractivity contribution in [2.75, 3.05) is 0 Å². The maximum atomic E-state index is 11.1. The Balaban J connectivity index is 3.07. The molecule has 4 heteroatoms. The largest absolute Gasteiger partial charge is 0.299 e. The predicted molar refractivity (Wildman–Crippen MR) is 38.4 cm³/mol. The summed E-state index contributed by atoms with van der Waals surface area (Å²) in [6, 6.07) is 0. The van der Waals surface area contributed by atoms with Gasteiger partial charge in [-0.2, -0.15) is 0 Å². The molecule has 12 heavy (non-hydrogen) atoms. The van der Waals surface area contributed by atoms with Crippen LogP contribution in [0.2, 0.25) is 0 Å². The fourth-order valence-corrected chi connectivity index (χ4v) is 1.25. The quantitative estimate of drug-likeness (QED) is 0.392. The number of carbonyl (C=O) groups is 4. The van der Waals surface area contributed by atoms with Crippen LogP contribution in [-0.2, 0) is 19.2 Å². The minimum atomic E-state index is -1.31. The van der Waals surface area contributed by atoms with Crippen LogP contribution in [0.15, 0.2) is 0 Å². The van der Waals surface area contributed by atoms with Crippen molar-refractivity contribution in [2.24, 2.45) is 11.8 Å². The Labute approximate surface area is 68.9 Å². The van der Waals surface area contributed by atoms with Gasteiger partial charge in [0.2, 0.25) is 11.6 Å². The Morgan fingerprint density at radius 3 is 1.83 bits per heavy atom. The molecule has 0 aromatic heterocycles. The molecule has 0 bridgehead atoms. The van der Waals surface area contributed by atoms with E-state index in [4.69, 9.17) is 0 Å². The molecule has 0 radical (unpaired) electrons. The molecule has 2 atom stereocenters. The van der Waals surface area contributed by atoms with Crippen molar-refractivity contribution in [3.8, 4) is 0 Å². The van der Waals surface area contributed by atoms with Crippen LogP contribution in [0.4, 0.5) is 0 Å². The second-order valence-electron chi connectivity index (χ2n) is 2.90. The molecule has 1 rings (SSSR count). The van der Waals surface area contributed by atoms with E-state index < -0.39 is 35.0 Å². The first-order valence-electron chi connectivity index (χ1n) is 3.59. The number of rotatable bonds is 1. The summed E-state index contributed by atoms with van der Waals surface area (Å²) in [4.78, 5) is 43.8. The van der Waals surface area contributed by atoms with E-state index in [2.05, 4.69) is 0 Å². The van der Waals surface area contributed by atoms with E-state index in [-0.39, 0.29) is 0 Å². The first-order chi connectivity index (χ1) is 5.46. The summed E-state index contributed by atoms with van der Waals surface area (Å²) in [5.74, 6) is -4.92. The fraction of sp³-hybridized carbons (Fsp3) is 0.500. The molecule has 0 saturated heterocycles. The van der Waals surface area contributed by atoms with Crippen LogP contribution in [0.3, 0.4) is 0 Å². The molecule has 2 unspecified atom stereocenters. The van der Waals surface area contributed by atoms with Crippen molar-refractivity contribution in [2.45, 2.75) is 13.8 Å². The van der Waals surface area contributed by atoms with Crippen LogP contribution in [-0.4, -0.2) is 23.1 Å². The monoisotopic (exact) mass is 168 g/mol. The Morgan fingerprint density at radius 2 is 1.67 bits per heavy atom. The van der Waals surface area contributed by atoms with Gasteiger partial charge in [-0.3, -0.25) is 19.2 Å². The molecule has 0 N–H and O–H groups in total. The Morgan fingerprint density at radius 1 is 1.17 bits per heavy atom. The van der Waals surface area contributed by atoms with E-state index in [1.54, 1.807) is 0 Å². The normalized spacial score (nSPS) is 29.7. The van der Waals surface area contributed by atoms with Gasteiger partial charge < -0.3 is 0 Å². The van der Waals surface area contributed by atoms with Gasteiger partial charge in [-0.15, -0.1) is 0 Å². The number of ketones is 4. The molecule has 0 aromatic rings. The predicted octanol–water partition coefficient (Wildman–Crippen LogP) is -0.451. The van der Waals surface area contributed by atoms with Crippen molar-refractivity contribution in [3.63, 3.8) is 0 Å². The van der Waals surface area contributed by atoms with Gasteiger partial charge in [0, 0.05) is 0 Å². The SMILES string of the molecule is CC(=O)C1C(=O)C(=O)C(C)C1=O. The van der Waals surface area contributed by atoms with Gasteiger partial charge in [0.05, 0.1) is 5.92 Å². The van der Waals surface area contributed by atoms with Gasteiger partial charge in [-0.25, -0.2) is 0 Å². The highest BCUT2D eigenvalue weighted by Crippen LogP contribution is 2.20. The third kappa shape index (κ3) is 0.995. The summed E-state index contributed by atoms with van der Waals surface area (Å²) in [6.45, 7) is 2.50. The van der Waals surface area contributed by atoms with Gasteiger partial charge in [0.15, 0.2) is 5.78 Å². The van der Waals surface area contributed by atoms with Crippen LogP contribution >= 0.6 is 0 Å². The smallest absolute Gasteiger partial charge is 0.217 e. The highest BCUT2D eigenvalue weighted by atomic mass is 16.2. The molecule has 1 saturated carbocycles. The zero-order valence-electron chi connectivity index (χ0n) is 6.79. The Hall–Kier alpha value is -1.32. The lowest BCUT2D eigenvalue weighted by Crippen LogP contribution is -2.24. The minimum Gasteiger partial charge on any atom is -0.299 e. The third-order valence-corrected chi connectivity index (χ3v) is 2.02. The fourth-order valence-electron chi connectivity index (χ4n) is 1.25. The summed E-state index contributed by atoms with van der Waals surface area (Å²) in [5.41, 5.74) is 0. The number of hydrogen-bond acceptors (Lipinski definition) is 4. The zero-order valence-corrected chi connectivity index (χ0v) is 6.79. The molecular weight excluding hydrogens is 160 g/mol. The summed E-state index contributed by atoms with van der Waals surface area (Å²) < 4.78 is 0. The highest BCUT2D eigenvalue weighted by Gasteiger charge is 2.48.